The Morgan fingerprint density at radius 3 is 2.23 bits per heavy atom. The molecular weight excluding hydrogens is 318 g/mol. The Kier molecular flexibility index (Phi) is 3.52. The van der Waals surface area contributed by atoms with Gasteiger partial charge in [0.25, 0.3) is 0 Å². The van der Waals surface area contributed by atoms with E-state index in [1.807, 2.05) is 12.3 Å². The molecule has 0 radical (unpaired) electrons. The van der Waals surface area contributed by atoms with Gasteiger partial charge in [-0.05, 0) is 30.7 Å². The summed E-state index contributed by atoms with van der Waals surface area (Å²) >= 11 is 0. The summed E-state index contributed by atoms with van der Waals surface area (Å²) in [6.07, 6.45) is 4.21. The van der Waals surface area contributed by atoms with Gasteiger partial charge in [0.2, 0.25) is 0 Å². The van der Waals surface area contributed by atoms with Crippen molar-refractivity contribution in [1.29, 1.82) is 0 Å². The molecule has 0 bridgehead atoms. The van der Waals surface area contributed by atoms with Crippen LogP contribution in [-0.4, -0.2) is 14.1 Å². The van der Waals surface area contributed by atoms with Gasteiger partial charge in [0.15, 0.2) is 0 Å². The molecule has 0 fully saturated rings. The average Bonchev–Trinajstić information content (AvgIpc) is 3.20. The zero-order chi connectivity index (χ0) is 17.5. The van der Waals surface area contributed by atoms with E-state index in [1.54, 1.807) is 0 Å². The van der Waals surface area contributed by atoms with Crippen LogP contribution in [-0.2, 0) is 6.54 Å². The van der Waals surface area contributed by atoms with E-state index in [0.29, 0.717) is 0 Å². The van der Waals surface area contributed by atoms with E-state index in [4.69, 9.17) is 0 Å². The maximum atomic E-state index is 4.66. The summed E-state index contributed by atoms with van der Waals surface area (Å²) in [5.41, 5.74) is 3.77. The van der Waals surface area contributed by atoms with Gasteiger partial charge in [-0.15, -0.1) is 0 Å². The maximum Gasteiger partial charge on any atom is 0.138 e. The molecule has 0 atom stereocenters. The molecule has 5 aromatic rings. The third-order valence-electron chi connectivity index (χ3n) is 5.18. The van der Waals surface area contributed by atoms with E-state index < -0.39 is 0 Å². The van der Waals surface area contributed by atoms with Crippen molar-refractivity contribution in [2.45, 2.75) is 26.3 Å². The highest BCUT2D eigenvalue weighted by Gasteiger charge is 2.20. The first-order valence-corrected chi connectivity index (χ1v) is 9.32. The smallest absolute Gasteiger partial charge is 0.138 e. The van der Waals surface area contributed by atoms with Crippen molar-refractivity contribution in [3.63, 3.8) is 0 Å². The van der Waals surface area contributed by atoms with Gasteiger partial charge < -0.3 is 4.57 Å². The Bertz CT molecular complexity index is 1210. The number of hydrogen-bond acceptors (Lipinski definition) is 1. The number of benzene rings is 2. The quantitative estimate of drug-likeness (QED) is 0.398. The minimum absolute atomic E-state index is 0.972. The molecule has 3 aromatic heterocycles. The van der Waals surface area contributed by atoms with Crippen LogP contribution in [0.5, 0.6) is 0 Å². The first-order valence-electron chi connectivity index (χ1n) is 9.32. The van der Waals surface area contributed by atoms with Crippen LogP contribution in [0.3, 0.4) is 0 Å². The Hall–Kier alpha value is -3.07. The lowest BCUT2D eigenvalue weighted by Crippen LogP contribution is -2.04. The highest BCUT2D eigenvalue weighted by molar-refractivity contribution is 6.21. The molecule has 0 saturated heterocycles. The topological polar surface area (TPSA) is 22.8 Å². The summed E-state index contributed by atoms with van der Waals surface area (Å²) in [7, 11) is 0. The Morgan fingerprint density at radius 2 is 1.50 bits per heavy atom. The van der Waals surface area contributed by atoms with Crippen molar-refractivity contribution >= 4 is 32.8 Å². The molecule has 0 aliphatic heterocycles. The first kappa shape index (κ1) is 15.2. The SMILES string of the molecule is CCCCn1c2ccccc2c2c3ccccc3n(-c3ccccn3)c21. The molecule has 0 amide bonds. The second-order valence-electron chi connectivity index (χ2n) is 6.76. The fourth-order valence-corrected chi connectivity index (χ4v) is 4.04. The average molecular weight is 339 g/mol. The van der Waals surface area contributed by atoms with Gasteiger partial charge in [0.1, 0.15) is 11.5 Å². The number of nitrogens with zero attached hydrogens (tertiary/aromatic N) is 3. The van der Waals surface area contributed by atoms with Crippen LogP contribution in [0.15, 0.2) is 72.9 Å². The second kappa shape index (κ2) is 6.03. The second-order valence-corrected chi connectivity index (χ2v) is 6.76. The lowest BCUT2D eigenvalue weighted by molar-refractivity contribution is 0.658. The predicted molar refractivity (Wildman–Crippen MR) is 109 cm³/mol. The monoisotopic (exact) mass is 339 g/mol. The predicted octanol–water partition coefficient (Wildman–Crippen LogP) is 5.93. The van der Waals surface area contributed by atoms with Crippen molar-refractivity contribution in [2.75, 3.05) is 0 Å². The summed E-state index contributed by atoms with van der Waals surface area (Å²) in [5, 5.41) is 3.95. The van der Waals surface area contributed by atoms with Crippen molar-refractivity contribution in [3.8, 4) is 5.82 Å². The van der Waals surface area contributed by atoms with Gasteiger partial charge >= 0.3 is 0 Å². The van der Waals surface area contributed by atoms with Crippen LogP contribution >= 0.6 is 0 Å². The minimum atomic E-state index is 0.972. The van der Waals surface area contributed by atoms with Crippen LogP contribution in [0.2, 0.25) is 0 Å². The van der Waals surface area contributed by atoms with E-state index in [2.05, 4.69) is 81.7 Å². The molecule has 3 heterocycles. The zero-order valence-electron chi connectivity index (χ0n) is 14.9. The van der Waals surface area contributed by atoms with Gasteiger partial charge in [-0.1, -0.05) is 55.8 Å². The number of para-hydroxylation sites is 2. The number of fused-ring (bicyclic) bond motifs is 5. The highest BCUT2D eigenvalue weighted by Crippen LogP contribution is 2.38. The van der Waals surface area contributed by atoms with Crippen LogP contribution in [0.1, 0.15) is 19.8 Å². The van der Waals surface area contributed by atoms with Gasteiger partial charge in [-0.2, -0.15) is 0 Å². The minimum Gasteiger partial charge on any atom is -0.326 e. The number of aryl methyl sites for hydroxylation is 1. The molecule has 128 valence electrons. The van der Waals surface area contributed by atoms with Crippen LogP contribution < -0.4 is 0 Å². The summed E-state index contributed by atoms with van der Waals surface area (Å²) in [6.45, 7) is 3.26. The standard InChI is InChI=1S/C23H21N3/c1-2-3-16-25-19-12-6-4-10-17(19)22-18-11-5-7-13-20(18)26(23(22)25)21-14-8-9-15-24-21/h4-15H,2-3,16H2,1H3. The van der Waals surface area contributed by atoms with Crippen molar-refractivity contribution < 1.29 is 0 Å². The van der Waals surface area contributed by atoms with E-state index in [9.17, 15) is 0 Å². The van der Waals surface area contributed by atoms with Gasteiger partial charge in [-0.3, -0.25) is 4.57 Å². The molecule has 0 saturated carbocycles. The van der Waals surface area contributed by atoms with Crippen molar-refractivity contribution in [2.24, 2.45) is 0 Å². The van der Waals surface area contributed by atoms with E-state index in [-0.39, 0.29) is 0 Å². The van der Waals surface area contributed by atoms with Gasteiger partial charge in [0, 0.05) is 28.9 Å². The summed E-state index contributed by atoms with van der Waals surface area (Å²) in [5.74, 6) is 0.972. The van der Waals surface area contributed by atoms with Crippen molar-refractivity contribution in [3.05, 3.63) is 72.9 Å². The van der Waals surface area contributed by atoms with Crippen LogP contribution in [0, 0.1) is 0 Å². The summed E-state index contributed by atoms with van der Waals surface area (Å²) < 4.78 is 4.79. The molecular formula is C23H21N3. The number of rotatable bonds is 4. The maximum absolute atomic E-state index is 4.66. The first-order chi connectivity index (χ1) is 12.9. The number of hydrogen-bond donors (Lipinski definition) is 0. The molecule has 3 nitrogen and oxygen atoms in total. The molecule has 0 N–H and O–H groups in total. The number of unbranched alkanes of at least 4 members (excludes halogenated alkanes) is 1. The third kappa shape index (κ3) is 2.10. The fourth-order valence-electron chi connectivity index (χ4n) is 4.04. The molecule has 0 aliphatic carbocycles. The largest absolute Gasteiger partial charge is 0.326 e. The highest BCUT2D eigenvalue weighted by atomic mass is 15.2. The van der Waals surface area contributed by atoms with E-state index >= 15 is 0 Å². The number of aromatic nitrogens is 3. The van der Waals surface area contributed by atoms with Gasteiger partial charge in [-0.25, -0.2) is 4.98 Å². The Morgan fingerprint density at radius 1 is 0.808 bits per heavy atom. The molecule has 2 aromatic carbocycles. The lowest BCUT2D eigenvalue weighted by Gasteiger charge is -2.11. The van der Waals surface area contributed by atoms with Crippen LogP contribution in [0.25, 0.3) is 38.7 Å². The van der Waals surface area contributed by atoms with E-state index in [1.165, 1.54) is 39.3 Å². The number of pyridine rings is 1. The molecule has 26 heavy (non-hydrogen) atoms. The molecule has 0 spiro atoms. The van der Waals surface area contributed by atoms with Crippen LogP contribution in [0.4, 0.5) is 0 Å². The summed E-state index contributed by atoms with van der Waals surface area (Å²) in [4.78, 5) is 4.66. The third-order valence-corrected chi connectivity index (χ3v) is 5.18. The molecule has 3 heteroatoms. The molecule has 0 unspecified atom stereocenters. The zero-order valence-corrected chi connectivity index (χ0v) is 14.9. The summed E-state index contributed by atoms with van der Waals surface area (Å²) in [6, 6.07) is 23.5. The fraction of sp³-hybridized carbons (Fsp3) is 0.174. The van der Waals surface area contributed by atoms with Gasteiger partial charge in [0.05, 0.1) is 11.0 Å². The Balaban J connectivity index is 2.01. The molecule has 0 aliphatic rings. The van der Waals surface area contributed by atoms with E-state index in [0.717, 1.165) is 18.8 Å². The normalized spacial score (nSPS) is 11.7. The van der Waals surface area contributed by atoms with Crippen molar-refractivity contribution in [1.82, 2.24) is 14.1 Å². The lowest BCUT2D eigenvalue weighted by atomic mass is 10.1. The Labute approximate surface area is 152 Å². The molecule has 5 rings (SSSR count).